The number of carboxylic acids is 1. The zero-order valence-electron chi connectivity index (χ0n) is 11.7. The summed E-state index contributed by atoms with van der Waals surface area (Å²) in [7, 11) is 0. The molecule has 8 heteroatoms. The number of carboxylic acid groups (broad SMARTS) is 1. The molecule has 8 nitrogen and oxygen atoms in total. The maximum absolute atomic E-state index is 11.8. The van der Waals surface area contributed by atoms with Crippen molar-refractivity contribution in [2.75, 3.05) is 13.1 Å². The van der Waals surface area contributed by atoms with Gasteiger partial charge in [0, 0.05) is 25.2 Å². The molecule has 112 valence electrons. The molecule has 0 radical (unpaired) electrons. The normalized spacial score (nSPS) is 11.8. The van der Waals surface area contributed by atoms with Gasteiger partial charge in [-0.15, -0.1) is 0 Å². The van der Waals surface area contributed by atoms with Gasteiger partial charge < -0.3 is 15.3 Å². The minimum Gasteiger partial charge on any atom is -0.478 e. The summed E-state index contributed by atoms with van der Waals surface area (Å²) in [5.41, 5.74) is 0. The predicted molar refractivity (Wildman–Crippen MR) is 70.8 cm³/mol. The van der Waals surface area contributed by atoms with E-state index >= 15 is 0 Å². The summed E-state index contributed by atoms with van der Waals surface area (Å²) in [4.78, 5) is 46.1. The van der Waals surface area contributed by atoms with Crippen LogP contribution in [0, 0.1) is 0 Å². The van der Waals surface area contributed by atoms with Crippen LogP contribution in [0.25, 0.3) is 0 Å². The monoisotopic (exact) mass is 285 g/mol. The number of amides is 4. The van der Waals surface area contributed by atoms with E-state index in [1.54, 1.807) is 0 Å². The van der Waals surface area contributed by atoms with Crippen molar-refractivity contribution in [2.24, 2.45) is 0 Å². The van der Waals surface area contributed by atoms with Gasteiger partial charge in [0.05, 0.1) is 0 Å². The molecule has 0 aliphatic rings. The molecule has 0 spiro atoms. The summed E-state index contributed by atoms with van der Waals surface area (Å²) in [6, 6.07) is -1.65. The molecule has 3 N–H and O–H groups in total. The molecule has 4 amide bonds. The lowest BCUT2D eigenvalue weighted by Crippen LogP contribution is -2.50. The van der Waals surface area contributed by atoms with Gasteiger partial charge in [0.25, 0.3) is 5.91 Å². The number of hydrogen-bond acceptors (Lipinski definition) is 4. The molecular formula is C12H19N3O5. The highest BCUT2D eigenvalue weighted by Gasteiger charge is 2.20. The molecule has 20 heavy (non-hydrogen) atoms. The number of nitrogens with one attached hydrogen (secondary N) is 2. The van der Waals surface area contributed by atoms with Crippen LogP contribution in [0.15, 0.2) is 12.2 Å². The second-order valence-electron chi connectivity index (χ2n) is 3.87. The van der Waals surface area contributed by atoms with Crippen LogP contribution < -0.4 is 10.6 Å². The molecule has 0 aromatic heterocycles. The first-order chi connectivity index (χ1) is 9.31. The van der Waals surface area contributed by atoms with Crippen LogP contribution in [-0.4, -0.2) is 53.0 Å². The van der Waals surface area contributed by atoms with Crippen LogP contribution in [0.5, 0.6) is 0 Å². The van der Waals surface area contributed by atoms with Gasteiger partial charge in [0.2, 0.25) is 5.91 Å². The highest BCUT2D eigenvalue weighted by molar-refractivity contribution is 6.03. The number of hydrogen-bond donors (Lipinski definition) is 3. The average Bonchev–Trinajstić information content (AvgIpc) is 2.37. The third kappa shape index (κ3) is 6.53. The first-order valence-electron chi connectivity index (χ1n) is 6.13. The minimum atomic E-state index is -1.30. The van der Waals surface area contributed by atoms with E-state index in [1.807, 2.05) is 19.2 Å². The summed E-state index contributed by atoms with van der Waals surface area (Å²) >= 11 is 0. The maximum atomic E-state index is 11.8. The summed E-state index contributed by atoms with van der Waals surface area (Å²) in [6.07, 6.45) is 1.31. The number of carbonyl (C=O) groups excluding carboxylic acids is 3. The van der Waals surface area contributed by atoms with E-state index in [0.29, 0.717) is 25.2 Å². The molecule has 0 heterocycles. The Balaban J connectivity index is 4.36. The lowest BCUT2D eigenvalue weighted by Gasteiger charge is -2.23. The van der Waals surface area contributed by atoms with Crippen LogP contribution in [0.3, 0.4) is 0 Å². The number of rotatable bonds is 6. The van der Waals surface area contributed by atoms with Crippen LogP contribution >= 0.6 is 0 Å². The van der Waals surface area contributed by atoms with Gasteiger partial charge in [-0.2, -0.15) is 0 Å². The molecule has 0 saturated heterocycles. The van der Waals surface area contributed by atoms with Crippen LogP contribution in [0.2, 0.25) is 0 Å². The number of aliphatic carboxylic acids is 1. The smallest absolute Gasteiger partial charge is 0.328 e. The second kappa shape index (κ2) is 8.68. The van der Waals surface area contributed by atoms with E-state index in [4.69, 9.17) is 5.11 Å². The van der Waals surface area contributed by atoms with Crippen molar-refractivity contribution >= 4 is 23.8 Å². The Kier molecular flexibility index (Phi) is 7.64. The Hall–Kier alpha value is -2.38. The predicted octanol–water partition coefficient (Wildman–Crippen LogP) is -0.290. The average molecular weight is 285 g/mol. The van der Waals surface area contributed by atoms with E-state index < -0.39 is 23.9 Å². The molecule has 0 aliphatic heterocycles. The fourth-order valence-corrected chi connectivity index (χ4v) is 1.40. The van der Waals surface area contributed by atoms with Gasteiger partial charge in [-0.05, 0) is 20.8 Å². The standard InChI is InChI=1S/C12H19N3O5/c1-4-15(5-2)11(19)8(3)13-12(20)14-9(16)6-7-10(17)18/h6-8H,4-5H2,1-3H3,(H,17,18)(H2,13,14,16,20)/b7-6+. The van der Waals surface area contributed by atoms with Crippen molar-refractivity contribution in [1.29, 1.82) is 0 Å². The molecule has 0 aromatic rings. The summed E-state index contributed by atoms with van der Waals surface area (Å²) in [5.74, 6) is -2.45. The second-order valence-corrected chi connectivity index (χ2v) is 3.87. The Bertz CT molecular complexity index is 415. The third-order valence-corrected chi connectivity index (χ3v) is 2.41. The van der Waals surface area contributed by atoms with Crippen molar-refractivity contribution < 1.29 is 24.3 Å². The summed E-state index contributed by atoms with van der Waals surface area (Å²) in [5, 5.41) is 12.5. The third-order valence-electron chi connectivity index (χ3n) is 2.41. The Morgan fingerprint density at radius 3 is 2.15 bits per heavy atom. The Labute approximate surface area is 116 Å². The van der Waals surface area contributed by atoms with Crippen LogP contribution in [-0.2, 0) is 14.4 Å². The summed E-state index contributed by atoms with van der Waals surface area (Å²) < 4.78 is 0. The van der Waals surface area contributed by atoms with Gasteiger partial charge in [0.1, 0.15) is 6.04 Å². The highest BCUT2D eigenvalue weighted by atomic mass is 16.4. The Morgan fingerprint density at radius 2 is 1.70 bits per heavy atom. The fraction of sp³-hybridized carbons (Fsp3) is 0.500. The lowest BCUT2D eigenvalue weighted by molar-refractivity contribution is -0.132. The largest absolute Gasteiger partial charge is 0.478 e. The molecule has 0 fully saturated rings. The van der Waals surface area contributed by atoms with Crippen molar-refractivity contribution in [3.05, 3.63) is 12.2 Å². The number of imide groups is 1. The van der Waals surface area contributed by atoms with Crippen LogP contribution in [0.4, 0.5) is 4.79 Å². The molecule has 0 aliphatic carbocycles. The van der Waals surface area contributed by atoms with Crippen molar-refractivity contribution in [3.8, 4) is 0 Å². The Morgan fingerprint density at radius 1 is 1.15 bits per heavy atom. The number of nitrogens with zero attached hydrogens (tertiary/aromatic N) is 1. The first kappa shape index (κ1) is 17.6. The minimum absolute atomic E-state index is 0.265. The zero-order valence-corrected chi connectivity index (χ0v) is 11.7. The summed E-state index contributed by atoms with van der Waals surface area (Å²) in [6.45, 7) is 6.16. The molecule has 0 bridgehead atoms. The molecule has 1 unspecified atom stereocenters. The zero-order chi connectivity index (χ0) is 15.7. The SMILES string of the molecule is CCN(CC)C(=O)C(C)NC(=O)NC(=O)/C=C/C(=O)O. The van der Waals surface area contributed by atoms with Gasteiger partial charge in [0.15, 0.2) is 0 Å². The molecular weight excluding hydrogens is 266 g/mol. The molecule has 0 saturated carbocycles. The van der Waals surface area contributed by atoms with E-state index in [2.05, 4.69) is 5.32 Å². The van der Waals surface area contributed by atoms with Gasteiger partial charge in [-0.3, -0.25) is 14.9 Å². The van der Waals surface area contributed by atoms with Gasteiger partial charge in [-0.1, -0.05) is 0 Å². The topological polar surface area (TPSA) is 116 Å². The van der Waals surface area contributed by atoms with E-state index in [9.17, 15) is 19.2 Å². The maximum Gasteiger partial charge on any atom is 0.328 e. The fourth-order valence-electron chi connectivity index (χ4n) is 1.40. The van der Waals surface area contributed by atoms with Gasteiger partial charge >= 0.3 is 12.0 Å². The first-order valence-corrected chi connectivity index (χ1v) is 6.13. The number of likely N-dealkylation sites (N-methyl/N-ethyl adjacent to an activating group) is 1. The van der Waals surface area contributed by atoms with Crippen molar-refractivity contribution in [3.63, 3.8) is 0 Å². The number of carbonyl (C=O) groups is 4. The van der Waals surface area contributed by atoms with Gasteiger partial charge in [-0.25, -0.2) is 9.59 Å². The molecule has 0 rings (SSSR count). The van der Waals surface area contributed by atoms with Crippen molar-refractivity contribution in [1.82, 2.24) is 15.5 Å². The van der Waals surface area contributed by atoms with Crippen molar-refractivity contribution in [2.45, 2.75) is 26.8 Å². The van der Waals surface area contributed by atoms with Crippen LogP contribution in [0.1, 0.15) is 20.8 Å². The van der Waals surface area contributed by atoms with E-state index in [1.165, 1.54) is 11.8 Å². The highest BCUT2D eigenvalue weighted by Crippen LogP contribution is 1.94. The number of urea groups is 1. The van der Waals surface area contributed by atoms with E-state index in [0.717, 1.165) is 0 Å². The lowest BCUT2D eigenvalue weighted by atomic mass is 10.3. The molecule has 0 aromatic carbocycles. The quantitative estimate of drug-likeness (QED) is 0.580. The molecule has 1 atom stereocenters. The van der Waals surface area contributed by atoms with E-state index in [-0.39, 0.29) is 5.91 Å².